The predicted octanol–water partition coefficient (Wildman–Crippen LogP) is -6.42. The van der Waals surface area contributed by atoms with Crippen LogP contribution < -0.4 is 75.3 Å². The molecule has 39 nitrogen and oxygen atoms in total. The molecule has 0 aromatic carbocycles. The Labute approximate surface area is 562 Å². The molecule has 0 radical (unpaired) electrons. The van der Waals surface area contributed by atoms with Gasteiger partial charge < -0.3 is 110 Å². The van der Waals surface area contributed by atoms with Crippen molar-refractivity contribution in [3.05, 3.63) is 0 Å². The summed E-state index contributed by atoms with van der Waals surface area (Å²) in [7, 11) is 0. The van der Waals surface area contributed by atoms with Gasteiger partial charge in [-0.25, -0.2) is 0 Å². The van der Waals surface area contributed by atoms with E-state index in [2.05, 4.69) is 63.8 Å². The molecule has 10 atom stereocenters. The first-order chi connectivity index (χ1) is 45.5. The quantitative estimate of drug-likeness (QED) is 0.0153. The van der Waals surface area contributed by atoms with E-state index in [9.17, 15) is 102 Å². The number of amides is 12. The minimum absolute atomic E-state index is 0.0600. The molecule has 0 bridgehead atoms. The van der Waals surface area contributed by atoms with Crippen LogP contribution in [-0.4, -0.2) is 255 Å². The SMILES string of the molecule is CSCC(NC(=O)CNC(=O)[C@H](CC(C)C)NC(=O)C1CCCN1C(=O)COCCNC(=O)[C@@H](CCC(=O)O)NC(=O)[C@@H](CCC(=O)O)NC(=O)[C@@H](CCC(=O)O)NC(=O)[C@@H](CCC(=O)O)NC(=O)[C@H](N)CCC(=O)O)C(=O)N[C@@H](C)C(=O)NCC(=O)N[C@@H](C)CCCNC(=N)N. The van der Waals surface area contributed by atoms with Crippen molar-refractivity contribution in [2.24, 2.45) is 17.4 Å². The van der Waals surface area contributed by atoms with Crippen molar-refractivity contribution in [1.82, 2.24) is 68.7 Å². The number of nitrogens with two attached hydrogens (primary N) is 2. The molecule has 0 saturated carbocycles. The number of guanidine groups is 1. The lowest BCUT2D eigenvalue weighted by molar-refractivity contribution is -0.142. The largest absolute Gasteiger partial charge is 0.481 e. The van der Waals surface area contributed by atoms with Crippen molar-refractivity contribution in [2.75, 3.05) is 57.9 Å². The molecule has 0 aromatic rings. The number of carbonyl (C=O) groups is 17. The lowest BCUT2D eigenvalue weighted by Gasteiger charge is -2.27. The third-order valence-corrected chi connectivity index (χ3v) is 14.9. The molecule has 1 saturated heterocycles. The van der Waals surface area contributed by atoms with E-state index in [1.54, 1.807) is 27.0 Å². The number of thioether (sulfide) groups is 1. The summed E-state index contributed by atoms with van der Waals surface area (Å²) in [5.41, 5.74) is 11.0. The number of hydrogen-bond acceptors (Lipinski definition) is 21. The average molecular weight is 1400 g/mol. The van der Waals surface area contributed by atoms with Gasteiger partial charge in [0.2, 0.25) is 70.9 Å². The number of carbonyl (C=O) groups excluding carboxylic acids is 12. The fourth-order valence-corrected chi connectivity index (χ4v) is 9.76. The van der Waals surface area contributed by atoms with Gasteiger partial charge in [-0.1, -0.05) is 13.8 Å². The van der Waals surface area contributed by atoms with E-state index < -0.39 is 232 Å². The van der Waals surface area contributed by atoms with Crippen LogP contribution in [0.2, 0.25) is 0 Å². The lowest BCUT2D eigenvalue weighted by Crippen LogP contribution is -2.59. The van der Waals surface area contributed by atoms with Gasteiger partial charge in [-0.05, 0) is 90.2 Å². The van der Waals surface area contributed by atoms with Crippen molar-refractivity contribution < 1.29 is 112 Å². The van der Waals surface area contributed by atoms with Gasteiger partial charge in [-0.2, -0.15) is 11.8 Å². The monoisotopic (exact) mass is 1400 g/mol. The zero-order valence-electron chi connectivity index (χ0n) is 54.7. The fraction of sp³-hybridized carbons (Fsp3) is 0.684. The van der Waals surface area contributed by atoms with E-state index in [1.807, 2.05) is 0 Å². The standard InChI is InChI=1S/C57H94N16O23S/c1-29(2)24-37(51(90)64-26-41(75)67-38(28-97-5)55(94)66-31(4)48(87)63-25-40(74)65-30(3)8-6-20-62-57(59)60)72-56(95)39-9-7-22-73(39)42(76)27-96-23-21-61-50(89)33(11-16-44(79)80)69-53(92)35(13-18-46(83)84)71-54(93)36(14-19-47(85)86)70-52(91)34(12-17-45(81)82)68-49(88)32(58)10-15-43(77)78/h29-39H,6-28,58H2,1-5H3,(H,61,89)(H,63,87)(H,64,90)(H,65,74)(H,66,94)(H,67,75)(H,68,88)(H,69,92)(H,70,91)(H,71,93)(H,72,95)(H,77,78)(H,79,80)(H,81,82)(H,83,84)(H,85,86)(H4,59,60,62)/t30-,31-,32+,33+,34+,35+,36+,37-,38?,39?/m0/s1. The lowest BCUT2D eigenvalue weighted by atomic mass is 10.0. The molecule has 546 valence electrons. The molecule has 1 rings (SSSR count). The Balaban J connectivity index is 3.02. The first-order valence-corrected chi connectivity index (χ1v) is 32.5. The minimum atomic E-state index is -1.88. The Hall–Kier alpha value is -9.47. The maximum absolute atomic E-state index is 13.8. The Kier molecular flexibility index (Phi) is 40.4. The van der Waals surface area contributed by atoms with Gasteiger partial charge in [0.1, 0.15) is 54.9 Å². The number of hydrogen-bond donors (Lipinski definition) is 20. The number of ether oxygens (including phenoxy) is 1. The molecule has 0 aromatic heterocycles. The molecule has 1 aliphatic rings. The van der Waals surface area contributed by atoms with Crippen LogP contribution in [0, 0.1) is 11.3 Å². The molecule has 1 heterocycles. The summed E-state index contributed by atoms with van der Waals surface area (Å²) in [4.78, 5) is 218. The first kappa shape index (κ1) is 85.5. The maximum atomic E-state index is 13.8. The van der Waals surface area contributed by atoms with Crippen molar-refractivity contribution in [3.63, 3.8) is 0 Å². The summed E-state index contributed by atoms with van der Waals surface area (Å²) in [5, 5.41) is 82.8. The molecule has 12 amide bonds. The van der Waals surface area contributed by atoms with Crippen molar-refractivity contribution >= 4 is 118 Å². The number of nitrogens with one attached hydrogen (secondary N) is 13. The number of likely N-dealkylation sites (tertiary alicyclic amines) is 1. The summed E-state index contributed by atoms with van der Waals surface area (Å²) < 4.78 is 5.48. The molecule has 97 heavy (non-hydrogen) atoms. The molecule has 1 fully saturated rings. The van der Waals surface area contributed by atoms with Crippen LogP contribution in [0.5, 0.6) is 0 Å². The summed E-state index contributed by atoms with van der Waals surface area (Å²) in [6, 6.07) is -13.5. The Morgan fingerprint density at radius 1 is 0.515 bits per heavy atom. The number of rotatable bonds is 49. The summed E-state index contributed by atoms with van der Waals surface area (Å²) >= 11 is 1.20. The number of nitrogens with zero attached hydrogens (tertiary/aromatic N) is 1. The van der Waals surface area contributed by atoms with E-state index in [0.717, 1.165) is 0 Å². The van der Waals surface area contributed by atoms with Gasteiger partial charge >= 0.3 is 29.8 Å². The van der Waals surface area contributed by atoms with Crippen molar-refractivity contribution in [2.45, 2.75) is 184 Å². The van der Waals surface area contributed by atoms with Crippen LogP contribution in [0.25, 0.3) is 0 Å². The fourth-order valence-electron chi connectivity index (χ4n) is 9.19. The van der Waals surface area contributed by atoms with Gasteiger partial charge in [0.15, 0.2) is 5.96 Å². The van der Waals surface area contributed by atoms with Crippen molar-refractivity contribution in [1.29, 1.82) is 5.41 Å². The normalized spacial score (nSPS) is 15.2. The Bertz CT molecular complexity index is 2780. The number of carboxylic acids is 5. The topological polar surface area (TPSA) is 624 Å². The minimum Gasteiger partial charge on any atom is -0.481 e. The molecule has 22 N–H and O–H groups in total. The molecular formula is C57H94N16O23S. The highest BCUT2D eigenvalue weighted by Gasteiger charge is 2.38. The number of aliphatic carboxylic acids is 5. The first-order valence-electron chi connectivity index (χ1n) is 31.1. The predicted molar refractivity (Wildman–Crippen MR) is 341 cm³/mol. The van der Waals surface area contributed by atoms with E-state index in [4.69, 9.17) is 26.7 Å². The molecule has 2 unspecified atom stereocenters. The Morgan fingerprint density at radius 3 is 1.43 bits per heavy atom. The molecule has 40 heteroatoms. The van der Waals surface area contributed by atoms with Gasteiger partial charge in [0, 0.05) is 63.5 Å². The van der Waals surface area contributed by atoms with Crippen LogP contribution in [-0.2, 0) is 86.2 Å². The van der Waals surface area contributed by atoms with E-state index in [0.29, 0.717) is 25.8 Å². The van der Waals surface area contributed by atoms with E-state index in [-0.39, 0.29) is 62.8 Å². The highest BCUT2D eigenvalue weighted by Crippen LogP contribution is 2.19. The average Bonchev–Trinajstić information content (AvgIpc) is 1.84. The van der Waals surface area contributed by atoms with E-state index in [1.165, 1.54) is 23.6 Å². The molecule has 0 aliphatic carbocycles. The molecule has 0 spiro atoms. The third kappa shape index (κ3) is 36.9. The third-order valence-electron chi connectivity index (χ3n) is 14.2. The van der Waals surface area contributed by atoms with Gasteiger partial charge in [0.05, 0.1) is 25.7 Å². The second-order valence-corrected chi connectivity index (χ2v) is 23.9. The summed E-state index contributed by atoms with van der Waals surface area (Å²) in [6.45, 7) is 4.83. The smallest absolute Gasteiger partial charge is 0.303 e. The van der Waals surface area contributed by atoms with Gasteiger partial charge in [-0.3, -0.25) is 86.9 Å². The Morgan fingerprint density at radius 2 is 0.959 bits per heavy atom. The van der Waals surface area contributed by atoms with Crippen LogP contribution in [0.3, 0.4) is 0 Å². The highest BCUT2D eigenvalue weighted by molar-refractivity contribution is 7.98. The maximum Gasteiger partial charge on any atom is 0.303 e. The van der Waals surface area contributed by atoms with Gasteiger partial charge in [0.25, 0.3) is 0 Å². The van der Waals surface area contributed by atoms with Crippen LogP contribution >= 0.6 is 11.8 Å². The number of carboxylic acid groups (broad SMARTS) is 5. The highest BCUT2D eigenvalue weighted by atomic mass is 32.2. The van der Waals surface area contributed by atoms with E-state index >= 15 is 0 Å². The van der Waals surface area contributed by atoms with Crippen LogP contribution in [0.4, 0.5) is 0 Å². The zero-order chi connectivity index (χ0) is 73.5. The summed E-state index contributed by atoms with van der Waals surface area (Å²) in [5.74, 6) is -18.2. The van der Waals surface area contributed by atoms with Crippen LogP contribution in [0.1, 0.15) is 124 Å². The molecular weight excluding hydrogens is 1310 g/mol. The zero-order valence-corrected chi connectivity index (χ0v) is 55.5. The second kappa shape index (κ2) is 45.8. The second-order valence-electron chi connectivity index (χ2n) is 23.0. The van der Waals surface area contributed by atoms with Crippen LogP contribution in [0.15, 0.2) is 0 Å². The van der Waals surface area contributed by atoms with Gasteiger partial charge in [-0.15, -0.1) is 0 Å². The molecule has 1 aliphatic heterocycles. The summed E-state index contributed by atoms with van der Waals surface area (Å²) in [6.07, 6.45) is -3.15. The van der Waals surface area contributed by atoms with Crippen molar-refractivity contribution in [3.8, 4) is 0 Å².